The van der Waals surface area contributed by atoms with Gasteiger partial charge in [0.2, 0.25) is 0 Å². The molecule has 0 aliphatic carbocycles. The maximum Gasteiger partial charge on any atom is 0.147 e. The van der Waals surface area contributed by atoms with Gasteiger partial charge in [-0.1, -0.05) is 18.2 Å². The number of halogens is 3. The van der Waals surface area contributed by atoms with Gasteiger partial charge in [0.15, 0.2) is 0 Å². The molecule has 0 saturated carbocycles. The lowest BCUT2D eigenvalue weighted by Crippen LogP contribution is -2.01. The van der Waals surface area contributed by atoms with E-state index in [9.17, 15) is 8.78 Å². The molecule has 0 unspecified atom stereocenters. The zero-order valence-electron chi connectivity index (χ0n) is 10.4. The van der Waals surface area contributed by atoms with Crippen LogP contribution in [0.3, 0.4) is 0 Å². The van der Waals surface area contributed by atoms with E-state index in [2.05, 4.69) is 26.2 Å². The predicted molar refractivity (Wildman–Crippen MR) is 79.7 cm³/mol. The maximum absolute atomic E-state index is 13.7. The second-order valence-corrected chi connectivity index (χ2v) is 5.31. The second-order valence-electron chi connectivity index (χ2n) is 4.46. The Bertz CT molecular complexity index is 768. The Labute approximate surface area is 122 Å². The van der Waals surface area contributed by atoms with E-state index in [0.717, 1.165) is 28.6 Å². The number of aromatic amines is 1. The molecule has 1 heterocycles. The summed E-state index contributed by atoms with van der Waals surface area (Å²) in [6, 6.07) is 10.1. The van der Waals surface area contributed by atoms with Crippen molar-refractivity contribution < 1.29 is 8.78 Å². The fourth-order valence-electron chi connectivity index (χ4n) is 2.13. The van der Waals surface area contributed by atoms with Crippen molar-refractivity contribution in [2.45, 2.75) is 6.54 Å². The number of anilines is 1. The molecule has 1 aromatic heterocycles. The van der Waals surface area contributed by atoms with Crippen LogP contribution in [-0.2, 0) is 6.54 Å². The zero-order chi connectivity index (χ0) is 14.1. The molecule has 0 aliphatic heterocycles. The molecule has 2 nitrogen and oxygen atoms in total. The first-order valence-electron chi connectivity index (χ1n) is 6.08. The van der Waals surface area contributed by atoms with Gasteiger partial charge in [-0.2, -0.15) is 0 Å². The first kappa shape index (κ1) is 13.1. The number of nitrogens with one attached hydrogen (secondary N) is 2. The summed E-state index contributed by atoms with van der Waals surface area (Å²) < 4.78 is 27.2. The summed E-state index contributed by atoms with van der Waals surface area (Å²) in [7, 11) is 0. The SMILES string of the molecule is Fc1cc(NCc2c[nH]c3ccccc23)c(F)cc1Br. The number of para-hydroxylation sites is 1. The second kappa shape index (κ2) is 5.25. The first-order chi connectivity index (χ1) is 9.65. The molecular weight excluding hydrogens is 326 g/mol. The summed E-state index contributed by atoms with van der Waals surface area (Å²) in [5.41, 5.74) is 2.17. The summed E-state index contributed by atoms with van der Waals surface area (Å²) in [5, 5.41) is 3.99. The van der Waals surface area contributed by atoms with Gasteiger partial charge >= 0.3 is 0 Å². The molecule has 0 saturated heterocycles. The van der Waals surface area contributed by atoms with Crippen LogP contribution in [-0.4, -0.2) is 4.98 Å². The van der Waals surface area contributed by atoms with Crippen molar-refractivity contribution in [3.8, 4) is 0 Å². The Balaban J connectivity index is 1.85. The number of rotatable bonds is 3. The van der Waals surface area contributed by atoms with E-state index >= 15 is 0 Å². The molecule has 5 heteroatoms. The number of H-pyrrole nitrogens is 1. The van der Waals surface area contributed by atoms with Crippen LogP contribution in [0.5, 0.6) is 0 Å². The van der Waals surface area contributed by atoms with Gasteiger partial charge in [-0.3, -0.25) is 0 Å². The topological polar surface area (TPSA) is 27.8 Å². The smallest absolute Gasteiger partial charge is 0.147 e. The van der Waals surface area contributed by atoms with E-state index in [4.69, 9.17) is 0 Å². The molecule has 102 valence electrons. The maximum atomic E-state index is 13.7. The fraction of sp³-hybridized carbons (Fsp3) is 0.0667. The molecule has 0 atom stereocenters. The molecule has 3 rings (SSSR count). The molecule has 0 spiro atoms. The van der Waals surface area contributed by atoms with Gasteiger partial charge in [0.25, 0.3) is 0 Å². The Kier molecular flexibility index (Phi) is 3.44. The van der Waals surface area contributed by atoms with E-state index in [-0.39, 0.29) is 10.2 Å². The van der Waals surface area contributed by atoms with E-state index in [1.165, 1.54) is 0 Å². The predicted octanol–water partition coefficient (Wildman–Crippen LogP) is 4.82. The Hall–Kier alpha value is -1.88. The highest BCUT2D eigenvalue weighted by Gasteiger charge is 2.09. The van der Waals surface area contributed by atoms with Crippen molar-refractivity contribution in [1.82, 2.24) is 4.98 Å². The quantitative estimate of drug-likeness (QED) is 0.659. The molecule has 0 bridgehead atoms. The van der Waals surface area contributed by atoms with Gasteiger partial charge in [0, 0.05) is 29.7 Å². The van der Waals surface area contributed by atoms with Crippen LogP contribution in [0.25, 0.3) is 10.9 Å². The highest BCUT2D eigenvalue weighted by atomic mass is 79.9. The average Bonchev–Trinajstić information content (AvgIpc) is 2.85. The molecule has 0 fully saturated rings. The number of benzene rings is 2. The van der Waals surface area contributed by atoms with E-state index in [1.54, 1.807) is 0 Å². The monoisotopic (exact) mass is 336 g/mol. The summed E-state index contributed by atoms with van der Waals surface area (Å²) in [6.45, 7) is 0.419. The number of aromatic nitrogens is 1. The van der Waals surface area contributed by atoms with Crippen LogP contribution in [0, 0.1) is 11.6 Å². The van der Waals surface area contributed by atoms with Gasteiger partial charge < -0.3 is 10.3 Å². The first-order valence-corrected chi connectivity index (χ1v) is 6.88. The minimum absolute atomic E-state index is 0.118. The Morgan fingerprint density at radius 1 is 1.10 bits per heavy atom. The van der Waals surface area contributed by atoms with E-state index in [0.29, 0.717) is 6.54 Å². The van der Waals surface area contributed by atoms with E-state index < -0.39 is 11.6 Å². The summed E-state index contributed by atoms with van der Waals surface area (Å²) in [6.07, 6.45) is 1.87. The molecule has 0 amide bonds. The molecule has 2 aromatic carbocycles. The van der Waals surface area contributed by atoms with Crippen LogP contribution >= 0.6 is 15.9 Å². The van der Waals surface area contributed by atoms with Crippen LogP contribution in [0.15, 0.2) is 47.1 Å². The van der Waals surface area contributed by atoms with Gasteiger partial charge in [0.1, 0.15) is 11.6 Å². The lowest BCUT2D eigenvalue weighted by molar-refractivity contribution is 0.596. The standard InChI is InChI=1S/C15H11BrF2N2/c16-11-5-13(18)15(6-12(11)17)20-8-9-7-19-14-4-2-1-3-10(9)14/h1-7,19-20H,8H2. The van der Waals surface area contributed by atoms with Crippen molar-refractivity contribution >= 4 is 32.5 Å². The zero-order valence-corrected chi connectivity index (χ0v) is 12.0. The number of hydrogen-bond donors (Lipinski definition) is 2. The van der Waals surface area contributed by atoms with Gasteiger partial charge in [0.05, 0.1) is 10.2 Å². The molecular formula is C15H11BrF2N2. The Morgan fingerprint density at radius 2 is 1.90 bits per heavy atom. The fourth-order valence-corrected chi connectivity index (χ4v) is 2.44. The average molecular weight is 337 g/mol. The minimum atomic E-state index is -0.493. The van der Waals surface area contributed by atoms with Crippen LogP contribution < -0.4 is 5.32 Å². The largest absolute Gasteiger partial charge is 0.378 e. The highest BCUT2D eigenvalue weighted by Crippen LogP contribution is 2.25. The third kappa shape index (κ3) is 2.41. The van der Waals surface area contributed by atoms with E-state index in [1.807, 2.05) is 30.5 Å². The third-order valence-corrected chi connectivity index (χ3v) is 3.76. The van der Waals surface area contributed by atoms with Crippen molar-refractivity contribution in [1.29, 1.82) is 0 Å². The highest BCUT2D eigenvalue weighted by molar-refractivity contribution is 9.10. The van der Waals surface area contributed by atoms with Crippen molar-refractivity contribution in [3.63, 3.8) is 0 Å². The van der Waals surface area contributed by atoms with Gasteiger partial charge in [-0.25, -0.2) is 8.78 Å². The number of fused-ring (bicyclic) bond motifs is 1. The van der Waals surface area contributed by atoms with Crippen LogP contribution in [0.2, 0.25) is 0 Å². The molecule has 2 N–H and O–H groups in total. The summed E-state index contributed by atoms with van der Waals surface area (Å²) in [5.74, 6) is -0.981. The Morgan fingerprint density at radius 3 is 2.75 bits per heavy atom. The van der Waals surface area contributed by atoms with Crippen molar-refractivity contribution in [2.24, 2.45) is 0 Å². The molecule has 0 radical (unpaired) electrons. The third-order valence-electron chi connectivity index (χ3n) is 3.15. The van der Waals surface area contributed by atoms with Crippen molar-refractivity contribution in [3.05, 3.63) is 64.3 Å². The minimum Gasteiger partial charge on any atom is -0.378 e. The normalized spacial score (nSPS) is 10.9. The van der Waals surface area contributed by atoms with Crippen LogP contribution in [0.4, 0.5) is 14.5 Å². The summed E-state index contributed by atoms with van der Waals surface area (Å²) >= 11 is 2.95. The molecule has 0 aliphatic rings. The molecule has 3 aromatic rings. The lowest BCUT2D eigenvalue weighted by Gasteiger charge is -2.08. The molecule has 20 heavy (non-hydrogen) atoms. The van der Waals surface area contributed by atoms with Crippen molar-refractivity contribution in [2.75, 3.05) is 5.32 Å². The van der Waals surface area contributed by atoms with Gasteiger partial charge in [-0.05, 0) is 33.6 Å². The van der Waals surface area contributed by atoms with Crippen LogP contribution in [0.1, 0.15) is 5.56 Å². The van der Waals surface area contributed by atoms with Gasteiger partial charge in [-0.15, -0.1) is 0 Å². The summed E-state index contributed by atoms with van der Waals surface area (Å²) in [4.78, 5) is 3.14. The number of hydrogen-bond acceptors (Lipinski definition) is 1. The lowest BCUT2D eigenvalue weighted by atomic mass is 10.1.